The van der Waals surface area contributed by atoms with E-state index in [0.29, 0.717) is 12.2 Å². The summed E-state index contributed by atoms with van der Waals surface area (Å²) in [5.41, 5.74) is 0.689. The number of nitrogens with zero attached hydrogens (tertiary/aromatic N) is 1. The van der Waals surface area contributed by atoms with Crippen molar-refractivity contribution < 1.29 is 18.7 Å². The van der Waals surface area contributed by atoms with Crippen LogP contribution in [0.15, 0.2) is 30.3 Å². The molecular weight excluding hydrogens is 240 g/mol. The lowest BCUT2D eigenvalue weighted by Gasteiger charge is -2.09. The second-order valence-electron chi connectivity index (χ2n) is 3.78. The third kappa shape index (κ3) is 1.99. The van der Waals surface area contributed by atoms with Crippen molar-refractivity contribution in [3.05, 3.63) is 47.7 Å². The summed E-state index contributed by atoms with van der Waals surface area (Å²) < 4.78 is 28.0. The Balaban J connectivity index is 2.60. The lowest BCUT2D eigenvalue weighted by atomic mass is 10.1. The zero-order chi connectivity index (χ0) is 13.3. The number of hydrogen-bond donors (Lipinski definition) is 1. The molecule has 0 radical (unpaired) electrons. The van der Waals surface area contributed by atoms with Crippen molar-refractivity contribution in [1.29, 1.82) is 0 Å². The molecule has 0 amide bonds. The Morgan fingerprint density at radius 2 is 2.00 bits per heavy atom. The molecule has 0 saturated carbocycles. The van der Waals surface area contributed by atoms with Crippen LogP contribution in [0.2, 0.25) is 0 Å². The Morgan fingerprint density at radius 3 is 2.56 bits per heavy atom. The SMILES string of the molecule is CCn1c(C(=O)O)ccc1-c1ccc(F)cc1F. The van der Waals surface area contributed by atoms with Crippen molar-refractivity contribution >= 4 is 5.97 Å². The molecule has 2 aromatic rings. The molecular formula is C13H11F2NO2. The van der Waals surface area contributed by atoms with Gasteiger partial charge < -0.3 is 9.67 Å². The summed E-state index contributed by atoms with van der Waals surface area (Å²) in [4.78, 5) is 11.0. The van der Waals surface area contributed by atoms with Crippen molar-refractivity contribution in [1.82, 2.24) is 4.57 Å². The Morgan fingerprint density at radius 1 is 1.28 bits per heavy atom. The largest absolute Gasteiger partial charge is 0.477 e. The first-order valence-electron chi connectivity index (χ1n) is 5.42. The summed E-state index contributed by atoms with van der Waals surface area (Å²) in [7, 11) is 0. The van der Waals surface area contributed by atoms with Crippen LogP contribution in [0.5, 0.6) is 0 Å². The van der Waals surface area contributed by atoms with E-state index in [2.05, 4.69) is 0 Å². The Labute approximate surface area is 102 Å². The Kier molecular flexibility index (Phi) is 3.14. The molecule has 1 aromatic heterocycles. The summed E-state index contributed by atoms with van der Waals surface area (Å²) in [5.74, 6) is -2.45. The van der Waals surface area contributed by atoms with Gasteiger partial charge in [0.2, 0.25) is 0 Å². The van der Waals surface area contributed by atoms with Crippen LogP contribution >= 0.6 is 0 Å². The molecule has 0 unspecified atom stereocenters. The van der Waals surface area contributed by atoms with E-state index in [1.807, 2.05) is 0 Å². The van der Waals surface area contributed by atoms with Gasteiger partial charge in [0, 0.05) is 18.2 Å². The molecule has 0 atom stereocenters. The zero-order valence-corrected chi connectivity index (χ0v) is 9.65. The number of benzene rings is 1. The number of rotatable bonds is 3. The third-order valence-electron chi connectivity index (χ3n) is 2.72. The highest BCUT2D eigenvalue weighted by molar-refractivity contribution is 5.87. The van der Waals surface area contributed by atoms with Crippen LogP contribution in [0, 0.1) is 11.6 Å². The van der Waals surface area contributed by atoms with E-state index in [-0.39, 0.29) is 11.3 Å². The summed E-state index contributed by atoms with van der Waals surface area (Å²) in [6.07, 6.45) is 0. The molecule has 0 fully saturated rings. The van der Waals surface area contributed by atoms with Gasteiger partial charge in [0.15, 0.2) is 0 Å². The van der Waals surface area contributed by atoms with Gasteiger partial charge in [0.1, 0.15) is 17.3 Å². The fourth-order valence-corrected chi connectivity index (χ4v) is 1.93. The van der Waals surface area contributed by atoms with Crippen LogP contribution < -0.4 is 0 Å². The first-order valence-corrected chi connectivity index (χ1v) is 5.42. The molecule has 18 heavy (non-hydrogen) atoms. The Bertz CT molecular complexity index is 605. The van der Waals surface area contributed by atoms with E-state index in [9.17, 15) is 13.6 Å². The van der Waals surface area contributed by atoms with Gasteiger partial charge in [0.25, 0.3) is 0 Å². The van der Waals surface area contributed by atoms with Gasteiger partial charge in [-0.25, -0.2) is 13.6 Å². The van der Waals surface area contributed by atoms with Gasteiger partial charge in [-0.3, -0.25) is 0 Å². The van der Waals surface area contributed by atoms with Crippen molar-refractivity contribution in [3.63, 3.8) is 0 Å². The maximum atomic E-state index is 13.7. The molecule has 0 spiro atoms. The highest BCUT2D eigenvalue weighted by Gasteiger charge is 2.16. The molecule has 0 aliphatic rings. The van der Waals surface area contributed by atoms with Crippen LogP contribution in [0.1, 0.15) is 17.4 Å². The Hall–Kier alpha value is -2.17. The van der Waals surface area contributed by atoms with Crippen molar-refractivity contribution in [2.75, 3.05) is 0 Å². The molecule has 0 bridgehead atoms. The van der Waals surface area contributed by atoms with Crippen LogP contribution in [0.3, 0.4) is 0 Å². The minimum Gasteiger partial charge on any atom is -0.477 e. The van der Waals surface area contributed by atoms with Gasteiger partial charge in [0.05, 0.1) is 5.69 Å². The number of carbonyl (C=O) groups is 1. The predicted molar refractivity (Wildman–Crippen MR) is 62.4 cm³/mol. The van der Waals surface area contributed by atoms with Crippen LogP contribution in [0.4, 0.5) is 8.78 Å². The minimum atomic E-state index is -1.08. The molecule has 2 rings (SSSR count). The van der Waals surface area contributed by atoms with Gasteiger partial charge in [-0.2, -0.15) is 0 Å². The smallest absolute Gasteiger partial charge is 0.352 e. The highest BCUT2D eigenvalue weighted by Crippen LogP contribution is 2.26. The lowest BCUT2D eigenvalue weighted by Crippen LogP contribution is -2.08. The number of aromatic nitrogens is 1. The predicted octanol–water partition coefficient (Wildman–Crippen LogP) is 3.15. The van der Waals surface area contributed by atoms with Gasteiger partial charge in [-0.15, -0.1) is 0 Å². The van der Waals surface area contributed by atoms with Crippen molar-refractivity contribution in [3.8, 4) is 11.3 Å². The first-order chi connectivity index (χ1) is 8.54. The van der Waals surface area contributed by atoms with E-state index in [1.165, 1.54) is 22.8 Å². The van der Waals surface area contributed by atoms with Crippen LogP contribution in [-0.2, 0) is 6.54 Å². The van der Waals surface area contributed by atoms with Crippen molar-refractivity contribution in [2.45, 2.75) is 13.5 Å². The number of halogens is 2. The minimum absolute atomic E-state index is 0.0798. The summed E-state index contributed by atoms with van der Waals surface area (Å²) in [5, 5.41) is 9.00. The zero-order valence-electron chi connectivity index (χ0n) is 9.65. The van der Waals surface area contributed by atoms with E-state index in [0.717, 1.165) is 12.1 Å². The standard InChI is InChI=1S/C13H11F2NO2/c1-2-16-11(5-6-12(16)13(17)18)9-4-3-8(14)7-10(9)15/h3-7H,2H2,1H3,(H,17,18). The van der Waals surface area contributed by atoms with Crippen molar-refractivity contribution in [2.24, 2.45) is 0 Å². The molecule has 3 nitrogen and oxygen atoms in total. The summed E-state index contributed by atoms with van der Waals surface area (Å²) in [6, 6.07) is 6.15. The van der Waals surface area contributed by atoms with E-state index in [1.54, 1.807) is 6.92 Å². The maximum Gasteiger partial charge on any atom is 0.352 e. The summed E-state index contributed by atoms with van der Waals surface area (Å²) in [6.45, 7) is 2.15. The maximum absolute atomic E-state index is 13.7. The first kappa shape index (κ1) is 12.3. The fourth-order valence-electron chi connectivity index (χ4n) is 1.93. The van der Waals surface area contributed by atoms with Gasteiger partial charge in [-0.1, -0.05) is 0 Å². The average Bonchev–Trinajstić information content (AvgIpc) is 2.72. The molecule has 0 aliphatic heterocycles. The fraction of sp³-hybridized carbons (Fsp3) is 0.154. The molecule has 1 heterocycles. The molecule has 1 aromatic carbocycles. The molecule has 94 valence electrons. The quantitative estimate of drug-likeness (QED) is 0.910. The summed E-state index contributed by atoms with van der Waals surface area (Å²) >= 11 is 0. The third-order valence-corrected chi connectivity index (χ3v) is 2.72. The van der Waals surface area contributed by atoms with E-state index >= 15 is 0 Å². The number of aromatic carboxylic acids is 1. The average molecular weight is 251 g/mol. The second-order valence-corrected chi connectivity index (χ2v) is 3.78. The van der Waals surface area contributed by atoms with E-state index in [4.69, 9.17) is 5.11 Å². The molecule has 0 saturated heterocycles. The number of carboxylic acid groups (broad SMARTS) is 1. The number of carboxylic acids is 1. The van der Waals surface area contributed by atoms with Gasteiger partial charge >= 0.3 is 5.97 Å². The van der Waals surface area contributed by atoms with E-state index < -0.39 is 17.6 Å². The molecule has 0 aliphatic carbocycles. The monoisotopic (exact) mass is 251 g/mol. The van der Waals surface area contributed by atoms with Crippen LogP contribution in [-0.4, -0.2) is 15.6 Å². The topological polar surface area (TPSA) is 42.2 Å². The lowest BCUT2D eigenvalue weighted by molar-refractivity contribution is 0.0685. The van der Waals surface area contributed by atoms with Crippen LogP contribution in [0.25, 0.3) is 11.3 Å². The normalized spacial score (nSPS) is 10.6. The highest BCUT2D eigenvalue weighted by atomic mass is 19.1. The molecule has 5 heteroatoms. The second kappa shape index (κ2) is 4.60. The van der Waals surface area contributed by atoms with Gasteiger partial charge in [-0.05, 0) is 31.2 Å². The molecule has 1 N–H and O–H groups in total. The number of hydrogen-bond acceptors (Lipinski definition) is 1.